The highest BCUT2D eigenvalue weighted by Gasteiger charge is 2.14. The molecule has 0 heterocycles. The number of primary sulfonamides is 1. The number of rotatable bonds is 3. The molecule has 2 aromatic carbocycles. The van der Waals surface area contributed by atoms with Crippen molar-refractivity contribution in [1.29, 1.82) is 5.26 Å². The summed E-state index contributed by atoms with van der Waals surface area (Å²) in [4.78, 5) is -0.129. The van der Waals surface area contributed by atoms with E-state index in [0.717, 1.165) is 0 Å². The minimum atomic E-state index is -3.87. The summed E-state index contributed by atoms with van der Waals surface area (Å²) >= 11 is 0. The molecular formula is C13H12N4O2S. The molecule has 0 aliphatic heterocycles. The number of nitrogen functional groups attached to an aromatic ring is 1. The first-order chi connectivity index (χ1) is 9.41. The molecule has 0 unspecified atom stereocenters. The second kappa shape index (κ2) is 5.21. The molecule has 2 aromatic rings. The lowest BCUT2D eigenvalue weighted by Gasteiger charge is -2.11. The largest absolute Gasteiger partial charge is 0.396 e. The number of nitrogens with one attached hydrogen (secondary N) is 1. The van der Waals surface area contributed by atoms with Gasteiger partial charge in [0, 0.05) is 5.69 Å². The lowest BCUT2D eigenvalue weighted by atomic mass is 10.2. The molecule has 5 N–H and O–H groups in total. The van der Waals surface area contributed by atoms with Gasteiger partial charge >= 0.3 is 0 Å². The zero-order valence-corrected chi connectivity index (χ0v) is 11.2. The third kappa shape index (κ3) is 2.88. The maximum Gasteiger partial charge on any atom is 0.240 e. The number of nitriles is 1. The predicted molar refractivity (Wildman–Crippen MR) is 76.7 cm³/mol. The Balaban J connectivity index is 2.37. The van der Waals surface area contributed by atoms with Crippen molar-refractivity contribution in [3.05, 3.63) is 48.0 Å². The van der Waals surface area contributed by atoms with Gasteiger partial charge < -0.3 is 11.1 Å². The molecule has 0 aromatic heterocycles. The van der Waals surface area contributed by atoms with Crippen molar-refractivity contribution in [2.45, 2.75) is 4.90 Å². The van der Waals surface area contributed by atoms with Crippen molar-refractivity contribution >= 4 is 27.1 Å². The van der Waals surface area contributed by atoms with E-state index in [4.69, 9.17) is 16.1 Å². The minimum absolute atomic E-state index is 0.0550. The van der Waals surface area contributed by atoms with E-state index in [9.17, 15) is 8.42 Å². The van der Waals surface area contributed by atoms with Crippen LogP contribution in [0.5, 0.6) is 0 Å². The molecule has 20 heavy (non-hydrogen) atoms. The summed E-state index contributed by atoms with van der Waals surface area (Å²) in [6.45, 7) is 0. The number of benzene rings is 2. The van der Waals surface area contributed by atoms with Crippen LogP contribution in [0.15, 0.2) is 47.4 Å². The van der Waals surface area contributed by atoms with Crippen LogP contribution in [0.3, 0.4) is 0 Å². The van der Waals surface area contributed by atoms with Crippen LogP contribution >= 0.6 is 0 Å². The first kappa shape index (κ1) is 13.9. The zero-order chi connectivity index (χ0) is 14.8. The summed E-state index contributed by atoms with van der Waals surface area (Å²) < 4.78 is 22.8. The normalized spacial score (nSPS) is 10.8. The van der Waals surface area contributed by atoms with E-state index < -0.39 is 10.0 Å². The minimum Gasteiger partial charge on any atom is -0.396 e. The highest BCUT2D eigenvalue weighted by atomic mass is 32.2. The SMILES string of the molecule is N#Cc1ccc(Nc2cccc(S(N)(=O)=O)c2N)cc1. The van der Waals surface area contributed by atoms with Crippen LogP contribution in [0.4, 0.5) is 17.1 Å². The molecule has 0 aliphatic carbocycles. The van der Waals surface area contributed by atoms with Gasteiger partial charge in [-0.15, -0.1) is 0 Å². The Morgan fingerprint density at radius 2 is 1.75 bits per heavy atom. The van der Waals surface area contributed by atoms with Crippen LogP contribution in [0.25, 0.3) is 0 Å². The predicted octanol–water partition coefficient (Wildman–Crippen LogP) is 1.53. The topological polar surface area (TPSA) is 122 Å². The molecule has 2 rings (SSSR count). The number of sulfonamides is 1. The Kier molecular flexibility index (Phi) is 3.61. The van der Waals surface area contributed by atoms with Crippen molar-refractivity contribution in [3.63, 3.8) is 0 Å². The van der Waals surface area contributed by atoms with Crippen molar-refractivity contribution in [1.82, 2.24) is 0 Å². The van der Waals surface area contributed by atoms with E-state index in [2.05, 4.69) is 5.32 Å². The van der Waals surface area contributed by atoms with Gasteiger partial charge in [-0.25, -0.2) is 13.6 Å². The fourth-order valence-electron chi connectivity index (χ4n) is 1.68. The summed E-state index contributed by atoms with van der Waals surface area (Å²) in [5, 5.41) is 16.8. The van der Waals surface area contributed by atoms with Gasteiger partial charge in [0.2, 0.25) is 10.0 Å². The number of anilines is 3. The number of para-hydroxylation sites is 1. The van der Waals surface area contributed by atoms with E-state index in [1.165, 1.54) is 6.07 Å². The molecule has 0 saturated heterocycles. The molecule has 0 radical (unpaired) electrons. The second-order valence-electron chi connectivity index (χ2n) is 4.08. The summed E-state index contributed by atoms with van der Waals surface area (Å²) in [6.07, 6.45) is 0. The summed E-state index contributed by atoms with van der Waals surface area (Å²) in [5.74, 6) is 0. The van der Waals surface area contributed by atoms with Gasteiger partial charge in [0.05, 0.1) is 23.0 Å². The maximum absolute atomic E-state index is 11.4. The van der Waals surface area contributed by atoms with Crippen molar-refractivity contribution < 1.29 is 8.42 Å². The Hall–Kier alpha value is -2.56. The number of hydrogen-bond acceptors (Lipinski definition) is 5. The molecule has 6 nitrogen and oxygen atoms in total. The van der Waals surface area contributed by atoms with Gasteiger partial charge in [-0.2, -0.15) is 5.26 Å². The van der Waals surface area contributed by atoms with Crippen LogP contribution in [-0.4, -0.2) is 8.42 Å². The maximum atomic E-state index is 11.4. The quantitative estimate of drug-likeness (QED) is 0.739. The van der Waals surface area contributed by atoms with Gasteiger partial charge in [-0.3, -0.25) is 0 Å². The van der Waals surface area contributed by atoms with E-state index in [-0.39, 0.29) is 10.6 Å². The van der Waals surface area contributed by atoms with Crippen molar-refractivity contribution in [2.24, 2.45) is 5.14 Å². The van der Waals surface area contributed by atoms with E-state index >= 15 is 0 Å². The van der Waals surface area contributed by atoms with Gasteiger partial charge in [-0.1, -0.05) is 6.07 Å². The van der Waals surface area contributed by atoms with Gasteiger partial charge in [0.1, 0.15) is 4.90 Å². The fraction of sp³-hybridized carbons (Fsp3) is 0. The third-order valence-electron chi connectivity index (χ3n) is 2.67. The standard InChI is InChI=1S/C13H12N4O2S/c14-8-9-4-6-10(7-5-9)17-11-2-1-3-12(13(11)15)20(16,18)19/h1-7,17H,15H2,(H2,16,18,19). The molecule has 0 aliphatic rings. The number of hydrogen-bond donors (Lipinski definition) is 3. The smallest absolute Gasteiger partial charge is 0.240 e. The van der Waals surface area contributed by atoms with Crippen molar-refractivity contribution in [2.75, 3.05) is 11.1 Å². The first-order valence-electron chi connectivity index (χ1n) is 5.60. The van der Waals surface area contributed by atoms with Crippen LogP contribution < -0.4 is 16.2 Å². The molecule has 0 spiro atoms. The zero-order valence-electron chi connectivity index (χ0n) is 10.4. The molecule has 0 atom stereocenters. The van der Waals surface area contributed by atoms with Crippen LogP contribution in [0.1, 0.15) is 5.56 Å². The van der Waals surface area contributed by atoms with E-state index in [0.29, 0.717) is 16.9 Å². The highest BCUT2D eigenvalue weighted by molar-refractivity contribution is 7.89. The first-order valence-corrected chi connectivity index (χ1v) is 7.15. The Morgan fingerprint density at radius 3 is 2.30 bits per heavy atom. The molecule has 102 valence electrons. The number of nitrogens with two attached hydrogens (primary N) is 2. The molecule has 0 bridgehead atoms. The summed E-state index contributed by atoms with van der Waals surface area (Å²) in [6, 6.07) is 13.2. The van der Waals surface area contributed by atoms with Gasteiger partial charge in [0.25, 0.3) is 0 Å². The molecule has 7 heteroatoms. The van der Waals surface area contributed by atoms with Gasteiger partial charge in [-0.05, 0) is 36.4 Å². The molecule has 0 saturated carbocycles. The van der Waals surface area contributed by atoms with E-state index in [1.807, 2.05) is 6.07 Å². The van der Waals surface area contributed by atoms with Crippen LogP contribution in [0.2, 0.25) is 0 Å². The monoisotopic (exact) mass is 288 g/mol. The Labute approximate surface area is 116 Å². The van der Waals surface area contributed by atoms with Crippen LogP contribution in [-0.2, 0) is 10.0 Å². The summed E-state index contributed by atoms with van der Waals surface area (Å²) in [5.41, 5.74) is 7.50. The van der Waals surface area contributed by atoms with Crippen LogP contribution in [0, 0.1) is 11.3 Å². The molecule has 0 amide bonds. The average molecular weight is 288 g/mol. The number of nitrogens with zero attached hydrogens (tertiary/aromatic N) is 1. The summed E-state index contributed by atoms with van der Waals surface area (Å²) in [7, 11) is -3.87. The highest BCUT2D eigenvalue weighted by Crippen LogP contribution is 2.28. The molecular weight excluding hydrogens is 276 g/mol. The second-order valence-corrected chi connectivity index (χ2v) is 5.61. The lowest BCUT2D eigenvalue weighted by Crippen LogP contribution is -2.15. The Bertz CT molecular complexity index is 777. The lowest BCUT2D eigenvalue weighted by molar-refractivity contribution is 0.598. The third-order valence-corrected chi connectivity index (χ3v) is 3.63. The van der Waals surface area contributed by atoms with E-state index in [1.54, 1.807) is 36.4 Å². The Morgan fingerprint density at radius 1 is 1.10 bits per heavy atom. The van der Waals surface area contributed by atoms with Crippen molar-refractivity contribution in [3.8, 4) is 6.07 Å². The van der Waals surface area contributed by atoms with Gasteiger partial charge in [0.15, 0.2) is 0 Å². The molecule has 0 fully saturated rings. The fourth-order valence-corrected chi connectivity index (χ4v) is 2.37. The average Bonchev–Trinajstić information content (AvgIpc) is 2.40.